The van der Waals surface area contributed by atoms with E-state index in [1.54, 1.807) is 24.5 Å². The summed E-state index contributed by atoms with van der Waals surface area (Å²) < 4.78 is 18.9. The molecule has 5 heteroatoms. The Bertz CT molecular complexity index is 779. The van der Waals surface area contributed by atoms with Crippen molar-refractivity contribution in [3.05, 3.63) is 64.7 Å². The lowest BCUT2D eigenvalue weighted by molar-refractivity contribution is -0.387. The number of hydrogen-bond donors (Lipinski definition) is 0. The fourth-order valence-corrected chi connectivity index (χ4v) is 2.07. The normalized spacial score (nSPS) is 10.8. The first-order chi connectivity index (χ1) is 9.16. The van der Waals surface area contributed by atoms with Gasteiger partial charge in [0, 0.05) is 11.5 Å². The quantitative estimate of drug-likeness (QED) is 0.512. The van der Waals surface area contributed by atoms with Gasteiger partial charge in [0.25, 0.3) is 0 Å². The molecule has 0 fully saturated rings. The first-order valence-corrected chi connectivity index (χ1v) is 5.57. The van der Waals surface area contributed by atoms with Crippen molar-refractivity contribution in [2.24, 2.45) is 0 Å². The van der Waals surface area contributed by atoms with Crippen LogP contribution in [0.1, 0.15) is 0 Å². The van der Waals surface area contributed by atoms with Crippen LogP contribution in [0.3, 0.4) is 0 Å². The van der Waals surface area contributed by atoms with Crippen LogP contribution in [0, 0.1) is 15.9 Å². The van der Waals surface area contributed by atoms with Crippen LogP contribution in [0.5, 0.6) is 0 Å². The van der Waals surface area contributed by atoms with Crippen molar-refractivity contribution < 1.29 is 13.7 Å². The monoisotopic (exact) mass is 257 g/mol. The highest BCUT2D eigenvalue weighted by atomic mass is 19.1. The van der Waals surface area contributed by atoms with Gasteiger partial charge in [0.2, 0.25) is 5.82 Å². The number of nitrogens with zero attached hydrogens (tertiary/aromatic N) is 1. The Morgan fingerprint density at radius 2 is 2.00 bits per heavy atom. The maximum Gasteiger partial charge on any atom is 0.304 e. The van der Waals surface area contributed by atoms with Crippen LogP contribution in [0.2, 0.25) is 0 Å². The van der Waals surface area contributed by atoms with Crippen molar-refractivity contribution in [2.45, 2.75) is 0 Å². The highest BCUT2D eigenvalue weighted by Gasteiger charge is 2.15. The third-order valence-corrected chi connectivity index (χ3v) is 2.95. The van der Waals surface area contributed by atoms with Gasteiger partial charge in [0.15, 0.2) is 0 Å². The van der Waals surface area contributed by atoms with Crippen LogP contribution in [0.4, 0.5) is 10.1 Å². The van der Waals surface area contributed by atoms with Crippen LogP contribution in [-0.2, 0) is 0 Å². The van der Waals surface area contributed by atoms with Crippen molar-refractivity contribution in [3.63, 3.8) is 0 Å². The van der Waals surface area contributed by atoms with Crippen LogP contribution in [-0.4, -0.2) is 4.92 Å². The Morgan fingerprint density at radius 3 is 2.74 bits per heavy atom. The molecule has 4 nitrogen and oxygen atoms in total. The van der Waals surface area contributed by atoms with Gasteiger partial charge in [0.05, 0.1) is 11.2 Å². The van der Waals surface area contributed by atoms with Gasteiger partial charge < -0.3 is 4.42 Å². The van der Waals surface area contributed by atoms with Crippen molar-refractivity contribution in [3.8, 4) is 11.1 Å². The molecule has 2 aromatic carbocycles. The minimum absolute atomic E-state index is 0.525. The Balaban J connectivity index is 2.19. The summed E-state index contributed by atoms with van der Waals surface area (Å²) in [5.74, 6) is -0.844. The summed E-state index contributed by atoms with van der Waals surface area (Å²) in [6.07, 6.45) is 1.55. The molecule has 0 N–H and O–H groups in total. The van der Waals surface area contributed by atoms with Gasteiger partial charge >= 0.3 is 5.69 Å². The molecule has 0 spiro atoms. The van der Waals surface area contributed by atoms with E-state index in [1.165, 1.54) is 18.2 Å². The average molecular weight is 257 g/mol. The Hall–Kier alpha value is -2.69. The Kier molecular flexibility index (Phi) is 2.52. The van der Waals surface area contributed by atoms with Gasteiger partial charge in [-0.15, -0.1) is 0 Å². The van der Waals surface area contributed by atoms with E-state index in [0.29, 0.717) is 11.1 Å². The highest BCUT2D eigenvalue weighted by Crippen LogP contribution is 2.31. The molecule has 0 amide bonds. The first-order valence-electron chi connectivity index (χ1n) is 5.57. The topological polar surface area (TPSA) is 56.3 Å². The zero-order valence-corrected chi connectivity index (χ0v) is 9.67. The molecule has 94 valence electrons. The number of nitro benzene ring substituents is 1. The summed E-state index contributed by atoms with van der Waals surface area (Å²) in [6, 6.07) is 11.1. The van der Waals surface area contributed by atoms with Crippen LogP contribution in [0.15, 0.2) is 53.1 Å². The number of nitro groups is 1. The van der Waals surface area contributed by atoms with E-state index in [4.69, 9.17) is 4.42 Å². The number of halogens is 1. The highest BCUT2D eigenvalue weighted by molar-refractivity contribution is 5.93. The Morgan fingerprint density at radius 1 is 1.16 bits per heavy atom. The summed E-state index contributed by atoms with van der Waals surface area (Å²) in [6.45, 7) is 0. The number of fused-ring (bicyclic) bond motifs is 1. The van der Waals surface area contributed by atoms with Gasteiger partial charge in [-0.05, 0) is 35.4 Å². The summed E-state index contributed by atoms with van der Waals surface area (Å²) in [7, 11) is 0. The minimum Gasteiger partial charge on any atom is -0.464 e. The molecule has 0 unspecified atom stereocenters. The molecule has 0 radical (unpaired) electrons. The van der Waals surface area contributed by atoms with Crippen molar-refractivity contribution in [1.29, 1.82) is 0 Å². The zero-order chi connectivity index (χ0) is 13.4. The van der Waals surface area contributed by atoms with Crippen molar-refractivity contribution >= 4 is 16.7 Å². The molecule has 0 saturated carbocycles. The lowest BCUT2D eigenvalue weighted by Gasteiger charge is -2.03. The van der Waals surface area contributed by atoms with Gasteiger partial charge in [-0.3, -0.25) is 10.1 Å². The summed E-state index contributed by atoms with van der Waals surface area (Å²) in [5.41, 5.74) is 1.52. The van der Waals surface area contributed by atoms with Gasteiger partial charge in [-0.1, -0.05) is 12.1 Å². The molecule has 1 heterocycles. The third-order valence-electron chi connectivity index (χ3n) is 2.95. The fraction of sp³-hybridized carbons (Fsp3) is 0. The maximum absolute atomic E-state index is 13.6. The second kappa shape index (κ2) is 4.20. The van der Waals surface area contributed by atoms with Gasteiger partial charge in [-0.2, -0.15) is 4.39 Å². The van der Waals surface area contributed by atoms with E-state index < -0.39 is 16.4 Å². The molecule has 19 heavy (non-hydrogen) atoms. The van der Waals surface area contributed by atoms with Crippen LogP contribution < -0.4 is 0 Å². The first kappa shape index (κ1) is 11.4. The molecule has 0 aliphatic heterocycles. The lowest BCUT2D eigenvalue weighted by atomic mass is 10.0. The lowest BCUT2D eigenvalue weighted by Crippen LogP contribution is -1.92. The molecule has 0 saturated heterocycles. The van der Waals surface area contributed by atoms with Gasteiger partial charge in [-0.25, -0.2) is 0 Å². The molecule has 0 bridgehead atoms. The van der Waals surface area contributed by atoms with Crippen molar-refractivity contribution in [2.75, 3.05) is 0 Å². The summed E-state index contributed by atoms with van der Waals surface area (Å²) in [5, 5.41) is 11.4. The standard InChI is InChI=1S/C14H8FNO3/c15-12-8-9(4-5-13(12)16(17)18)10-2-1-3-14-11(10)6-7-19-14/h1-8H. The Labute approximate surface area is 107 Å². The minimum atomic E-state index is -0.844. The van der Waals surface area contributed by atoms with Crippen LogP contribution in [0.25, 0.3) is 22.1 Å². The van der Waals surface area contributed by atoms with Crippen LogP contribution >= 0.6 is 0 Å². The van der Waals surface area contributed by atoms with E-state index in [0.717, 1.165) is 10.9 Å². The van der Waals surface area contributed by atoms with E-state index in [-0.39, 0.29) is 0 Å². The average Bonchev–Trinajstić information content (AvgIpc) is 2.86. The number of benzene rings is 2. The molecule has 3 rings (SSSR count). The second-order valence-electron chi connectivity index (χ2n) is 4.06. The maximum atomic E-state index is 13.6. The number of hydrogen-bond acceptors (Lipinski definition) is 3. The molecule has 3 aromatic rings. The SMILES string of the molecule is O=[N+]([O-])c1ccc(-c2cccc3occc23)cc1F. The van der Waals surface area contributed by atoms with Gasteiger partial charge in [0.1, 0.15) is 5.58 Å². The smallest absolute Gasteiger partial charge is 0.304 e. The van der Waals surface area contributed by atoms with E-state index in [1.807, 2.05) is 6.07 Å². The third kappa shape index (κ3) is 1.85. The molecule has 1 aromatic heterocycles. The number of rotatable bonds is 2. The fourth-order valence-electron chi connectivity index (χ4n) is 2.07. The predicted octanol–water partition coefficient (Wildman–Crippen LogP) is 4.15. The molecular weight excluding hydrogens is 249 g/mol. The zero-order valence-electron chi connectivity index (χ0n) is 9.67. The summed E-state index contributed by atoms with van der Waals surface area (Å²) >= 11 is 0. The second-order valence-corrected chi connectivity index (χ2v) is 4.06. The van der Waals surface area contributed by atoms with E-state index >= 15 is 0 Å². The summed E-state index contributed by atoms with van der Waals surface area (Å²) in [4.78, 5) is 9.85. The van der Waals surface area contributed by atoms with Crippen molar-refractivity contribution in [1.82, 2.24) is 0 Å². The molecule has 0 atom stereocenters. The predicted molar refractivity (Wildman–Crippen MR) is 68.3 cm³/mol. The van der Waals surface area contributed by atoms with E-state index in [2.05, 4.69) is 0 Å². The van der Waals surface area contributed by atoms with E-state index in [9.17, 15) is 14.5 Å². The largest absolute Gasteiger partial charge is 0.464 e. The molecular formula is C14H8FNO3. The molecule has 0 aliphatic carbocycles. The number of furan rings is 1. The molecule has 0 aliphatic rings.